The summed E-state index contributed by atoms with van der Waals surface area (Å²) in [6, 6.07) is -2.13. The zero-order chi connectivity index (χ0) is 45.3. The molecule has 7 rings (SSSR count). The van der Waals surface area contributed by atoms with Crippen molar-refractivity contribution in [2.75, 3.05) is 6.61 Å². The van der Waals surface area contributed by atoms with Gasteiger partial charge in [0.1, 0.15) is 40.9 Å². The van der Waals surface area contributed by atoms with Gasteiger partial charge < -0.3 is 59.8 Å². The van der Waals surface area contributed by atoms with E-state index in [0.717, 1.165) is 5.57 Å². The second-order valence-electron chi connectivity index (χ2n) is 17.4. The maximum absolute atomic E-state index is 14.6. The fourth-order valence-electron chi connectivity index (χ4n) is 10.2. The van der Waals surface area contributed by atoms with E-state index < -0.39 is 138 Å². The Kier molecular flexibility index (Phi) is 13.0. The first kappa shape index (κ1) is 46.0. The molecule has 0 radical (unpaired) electrons. The van der Waals surface area contributed by atoms with Crippen LogP contribution in [0.4, 0.5) is 4.79 Å². The number of ether oxygens (including phenoxy) is 6. The number of nitrogens with zero attached hydrogens (tertiary/aromatic N) is 1. The molecule has 62 heavy (non-hydrogen) atoms. The number of aryl methyl sites for hydroxylation is 1. The molecule has 5 fully saturated rings. The molecule has 0 spiro atoms. The summed E-state index contributed by atoms with van der Waals surface area (Å²) in [6.45, 7) is 13.5. The van der Waals surface area contributed by atoms with E-state index in [1.54, 1.807) is 34.6 Å². The van der Waals surface area contributed by atoms with Crippen LogP contribution in [0.1, 0.15) is 76.5 Å². The third kappa shape index (κ3) is 8.05. The number of Topliss-reactive ketones (excluding diaryl/α,β-unsaturated/α-hetero) is 1. The largest absolute Gasteiger partial charge is 0.511 e. The topological polar surface area (TPSA) is 258 Å². The molecule has 340 valence electrons. The highest BCUT2D eigenvalue weighted by Gasteiger charge is 2.61. The van der Waals surface area contributed by atoms with Gasteiger partial charge in [-0.2, -0.15) is 0 Å². The molecular formula is C42H54Cl2N4O14. The Morgan fingerprint density at radius 1 is 1.11 bits per heavy atom. The minimum absolute atomic E-state index is 0.00709. The Morgan fingerprint density at radius 2 is 1.82 bits per heavy atom. The van der Waals surface area contributed by atoms with E-state index in [4.69, 9.17) is 57.4 Å². The van der Waals surface area contributed by atoms with E-state index in [2.05, 4.69) is 16.9 Å². The Morgan fingerprint density at radius 3 is 2.47 bits per heavy atom. The van der Waals surface area contributed by atoms with Gasteiger partial charge in [0.2, 0.25) is 0 Å². The lowest BCUT2D eigenvalue weighted by atomic mass is 9.64. The van der Waals surface area contributed by atoms with Crippen molar-refractivity contribution in [1.29, 1.82) is 0 Å². The van der Waals surface area contributed by atoms with E-state index in [1.807, 2.05) is 12.2 Å². The predicted molar refractivity (Wildman–Crippen MR) is 218 cm³/mol. The zero-order valence-electron chi connectivity index (χ0n) is 35.2. The SMILES string of the molecule is C=C1CCC(OC2CC(O)(C(C)NC(=O)c3[nH]c(C)c(Cl)c3Cl)C(O)C(C)O2)C2C=CCC(/C(O)=C3\C(=O)C4C(C)COC5C(OC(C)=O)C(OC(N)=O)C(C)OC5N4C3=O)C12. The number of H-pyrrole nitrogens is 1. The van der Waals surface area contributed by atoms with Gasteiger partial charge in [-0.05, 0) is 52.9 Å². The molecule has 1 aromatic heterocycles. The first-order valence-corrected chi connectivity index (χ1v) is 21.5. The number of hydrogen-bond donors (Lipinski definition) is 6. The molecule has 18 nitrogen and oxygen atoms in total. The van der Waals surface area contributed by atoms with Crippen molar-refractivity contribution in [3.63, 3.8) is 0 Å². The number of aromatic nitrogens is 1. The Hall–Kier alpha value is -4.01. The summed E-state index contributed by atoms with van der Waals surface area (Å²) < 4.78 is 35.8. The van der Waals surface area contributed by atoms with E-state index in [1.165, 1.54) is 11.8 Å². The molecule has 0 bridgehead atoms. The zero-order valence-corrected chi connectivity index (χ0v) is 36.7. The van der Waals surface area contributed by atoms with Gasteiger partial charge in [0.05, 0.1) is 41.0 Å². The Bertz CT molecular complexity index is 2080. The average Bonchev–Trinajstić information content (AvgIpc) is 3.56. The summed E-state index contributed by atoms with van der Waals surface area (Å²) in [5.74, 6) is -5.45. The molecular weight excluding hydrogens is 855 g/mol. The Balaban J connectivity index is 1.12. The first-order chi connectivity index (χ1) is 29.2. The van der Waals surface area contributed by atoms with Gasteiger partial charge in [-0.3, -0.25) is 24.1 Å². The number of primary amides is 1. The van der Waals surface area contributed by atoms with Gasteiger partial charge in [-0.25, -0.2) is 4.79 Å². The van der Waals surface area contributed by atoms with E-state index in [-0.39, 0.29) is 35.2 Å². The number of amides is 3. The third-order valence-corrected chi connectivity index (χ3v) is 14.3. The molecule has 4 saturated heterocycles. The van der Waals surface area contributed by atoms with Gasteiger partial charge in [-0.15, -0.1) is 0 Å². The molecule has 7 N–H and O–H groups in total. The van der Waals surface area contributed by atoms with Crippen molar-refractivity contribution in [3.8, 4) is 0 Å². The molecule has 16 unspecified atom stereocenters. The smallest absolute Gasteiger partial charge is 0.405 e. The van der Waals surface area contributed by atoms with Gasteiger partial charge in [0.25, 0.3) is 11.8 Å². The van der Waals surface area contributed by atoms with Gasteiger partial charge in [0, 0.05) is 36.8 Å². The molecule has 16 atom stereocenters. The highest BCUT2D eigenvalue weighted by molar-refractivity contribution is 6.44. The lowest BCUT2D eigenvalue weighted by Crippen LogP contribution is -2.66. The second-order valence-corrected chi connectivity index (χ2v) is 18.1. The van der Waals surface area contributed by atoms with Crippen molar-refractivity contribution in [3.05, 3.63) is 57.1 Å². The number of aliphatic hydroxyl groups is 3. The van der Waals surface area contributed by atoms with Crippen LogP contribution < -0.4 is 11.1 Å². The molecule has 4 aliphatic heterocycles. The minimum Gasteiger partial charge on any atom is -0.511 e. The van der Waals surface area contributed by atoms with Gasteiger partial charge in [0.15, 0.2) is 30.5 Å². The first-order valence-electron chi connectivity index (χ1n) is 20.8. The lowest BCUT2D eigenvalue weighted by molar-refractivity contribution is -0.296. The van der Waals surface area contributed by atoms with Crippen molar-refractivity contribution in [1.82, 2.24) is 15.2 Å². The van der Waals surface area contributed by atoms with E-state index >= 15 is 0 Å². The number of carbonyl (C=O) groups is 5. The maximum atomic E-state index is 14.6. The third-order valence-electron chi connectivity index (χ3n) is 13.3. The summed E-state index contributed by atoms with van der Waals surface area (Å²) >= 11 is 12.4. The number of aliphatic hydroxyl groups excluding tert-OH is 2. The number of fused-ring (bicyclic) bond motifs is 4. The normalized spacial score (nSPS) is 39.5. The van der Waals surface area contributed by atoms with Crippen LogP contribution >= 0.6 is 23.2 Å². The summed E-state index contributed by atoms with van der Waals surface area (Å²) in [5.41, 5.74) is 4.29. The predicted octanol–water partition coefficient (Wildman–Crippen LogP) is 3.29. The summed E-state index contributed by atoms with van der Waals surface area (Å²) in [7, 11) is 0. The van der Waals surface area contributed by atoms with Crippen molar-refractivity contribution >= 4 is 52.9 Å². The molecule has 1 aromatic rings. The number of esters is 1. The fourth-order valence-corrected chi connectivity index (χ4v) is 10.6. The van der Waals surface area contributed by atoms with Gasteiger partial charge in [-0.1, -0.05) is 54.4 Å². The Labute approximate surface area is 368 Å². The highest BCUT2D eigenvalue weighted by Crippen LogP contribution is 2.49. The van der Waals surface area contributed by atoms with Crippen molar-refractivity contribution < 1.29 is 67.7 Å². The number of halogens is 2. The number of carbonyl (C=O) groups excluding carboxylic acids is 5. The quantitative estimate of drug-likeness (QED) is 0.0720. The van der Waals surface area contributed by atoms with Crippen LogP contribution in [0.3, 0.4) is 0 Å². The summed E-state index contributed by atoms with van der Waals surface area (Å²) in [6.07, 6.45) is -6.17. The summed E-state index contributed by atoms with van der Waals surface area (Å²) in [5, 5.41) is 38.3. The number of ketones is 1. The average molecular weight is 910 g/mol. The monoisotopic (exact) mass is 908 g/mol. The summed E-state index contributed by atoms with van der Waals surface area (Å²) in [4.78, 5) is 70.4. The van der Waals surface area contributed by atoms with Crippen LogP contribution in [0.15, 0.2) is 35.6 Å². The van der Waals surface area contributed by atoms with Crippen LogP contribution in [0.5, 0.6) is 0 Å². The van der Waals surface area contributed by atoms with Gasteiger partial charge >= 0.3 is 12.1 Å². The van der Waals surface area contributed by atoms with Crippen LogP contribution in [0.2, 0.25) is 10.0 Å². The highest BCUT2D eigenvalue weighted by atomic mass is 35.5. The standard InChI is InChI=1S/C42H54Cl2N4O14/c1-15-11-12-24(61-25-13-42(56,37(52)19(5)58-25)20(6)47-38(53)30-29(44)28(43)17(3)46-30)22-9-8-10-23(26(15)22)32(50)27-33(51)31-16(2)14-57-36-35(60-21(7)49)34(62-41(45)55)18(4)59-40(36)48(31)39(27)54/h8-9,16,18-20,22-26,31,34-37,40,46,50,52,56H,1,10-14H2,2-7H3,(H2,45,55)(H,47,53)/b32-27-. The molecule has 5 heterocycles. The number of nitrogens with one attached hydrogen (secondary N) is 2. The number of hydrogen-bond acceptors (Lipinski definition) is 14. The molecule has 2 aliphatic carbocycles. The lowest BCUT2D eigenvalue weighted by Gasteiger charge is -2.49. The number of nitrogens with two attached hydrogens (primary N) is 1. The van der Waals surface area contributed by atoms with E-state index in [9.17, 15) is 39.3 Å². The molecule has 20 heteroatoms. The van der Waals surface area contributed by atoms with E-state index in [0.29, 0.717) is 18.5 Å². The number of aromatic amines is 1. The maximum Gasteiger partial charge on any atom is 0.405 e. The number of rotatable bonds is 8. The second kappa shape index (κ2) is 17.5. The van der Waals surface area contributed by atoms with Crippen LogP contribution in [-0.2, 0) is 42.8 Å². The van der Waals surface area contributed by atoms with Crippen LogP contribution in [-0.4, -0.2) is 134 Å². The number of allylic oxidation sites excluding steroid dienone is 3. The molecule has 3 amide bonds. The van der Waals surface area contributed by atoms with Crippen molar-refractivity contribution in [2.24, 2.45) is 29.4 Å². The minimum atomic E-state index is -1.91. The molecule has 0 aromatic carbocycles. The molecule has 6 aliphatic rings. The fraction of sp³-hybridized carbons (Fsp3) is 0.643. The van der Waals surface area contributed by atoms with Crippen molar-refractivity contribution in [2.45, 2.75) is 140 Å². The van der Waals surface area contributed by atoms with Crippen LogP contribution in [0.25, 0.3) is 0 Å². The molecule has 1 saturated carbocycles. The van der Waals surface area contributed by atoms with Crippen LogP contribution in [0, 0.1) is 30.6 Å².